The van der Waals surface area contributed by atoms with Gasteiger partial charge < -0.3 is 4.74 Å². The molecule has 1 atom stereocenters. The Morgan fingerprint density at radius 2 is 2.21 bits per heavy atom. The van der Waals surface area contributed by atoms with E-state index < -0.39 is 26.8 Å². The van der Waals surface area contributed by atoms with Gasteiger partial charge in [-0.1, -0.05) is 12.1 Å². The minimum absolute atomic E-state index is 0.00243. The van der Waals surface area contributed by atoms with Crippen LogP contribution < -0.4 is 0 Å². The van der Waals surface area contributed by atoms with Crippen LogP contribution in [0.15, 0.2) is 24.3 Å². The van der Waals surface area contributed by atoms with Crippen molar-refractivity contribution in [3.05, 3.63) is 39.9 Å². The SMILES string of the molecule is CCS(=O)(=O)N1CCC[C@@H](C(=O)OCc2cccc([N+](=O)[O-])c2)C1. The summed E-state index contributed by atoms with van der Waals surface area (Å²) in [5.41, 5.74) is 0.452. The zero-order valence-corrected chi connectivity index (χ0v) is 14.2. The summed E-state index contributed by atoms with van der Waals surface area (Å²) in [5, 5.41) is 10.7. The fraction of sp³-hybridized carbons (Fsp3) is 0.533. The second-order valence-electron chi connectivity index (χ2n) is 5.63. The van der Waals surface area contributed by atoms with Crippen molar-refractivity contribution in [1.82, 2.24) is 4.31 Å². The van der Waals surface area contributed by atoms with Crippen molar-refractivity contribution >= 4 is 21.7 Å². The fourth-order valence-corrected chi connectivity index (χ4v) is 3.78. The van der Waals surface area contributed by atoms with Crippen molar-refractivity contribution < 1.29 is 22.9 Å². The van der Waals surface area contributed by atoms with Gasteiger partial charge in [0.05, 0.1) is 16.6 Å². The summed E-state index contributed by atoms with van der Waals surface area (Å²) in [6.07, 6.45) is 1.18. The molecule has 8 nitrogen and oxygen atoms in total. The van der Waals surface area contributed by atoms with E-state index >= 15 is 0 Å². The summed E-state index contributed by atoms with van der Waals surface area (Å²) in [6, 6.07) is 5.87. The summed E-state index contributed by atoms with van der Waals surface area (Å²) in [5.74, 6) is -0.973. The number of hydrogen-bond donors (Lipinski definition) is 0. The Morgan fingerprint density at radius 1 is 1.46 bits per heavy atom. The molecule has 1 aromatic carbocycles. The predicted octanol–water partition coefficient (Wildman–Crippen LogP) is 1.70. The monoisotopic (exact) mass is 356 g/mol. The third kappa shape index (κ3) is 4.51. The lowest BCUT2D eigenvalue weighted by Gasteiger charge is -2.30. The Kier molecular flexibility index (Phi) is 5.89. The van der Waals surface area contributed by atoms with Crippen molar-refractivity contribution in [2.45, 2.75) is 26.4 Å². The van der Waals surface area contributed by atoms with Gasteiger partial charge in [0.15, 0.2) is 0 Å². The molecule has 132 valence electrons. The molecule has 0 saturated carbocycles. The van der Waals surface area contributed by atoms with Crippen LogP contribution >= 0.6 is 0 Å². The molecule has 0 radical (unpaired) electrons. The molecular formula is C15H20N2O6S. The van der Waals surface area contributed by atoms with Crippen LogP contribution in [0.3, 0.4) is 0 Å². The van der Waals surface area contributed by atoms with Gasteiger partial charge in [-0.3, -0.25) is 14.9 Å². The topological polar surface area (TPSA) is 107 Å². The summed E-state index contributed by atoms with van der Waals surface area (Å²) in [6.45, 7) is 2.05. The fourth-order valence-electron chi connectivity index (χ4n) is 2.60. The smallest absolute Gasteiger partial charge is 0.310 e. The van der Waals surface area contributed by atoms with E-state index in [2.05, 4.69) is 0 Å². The second kappa shape index (κ2) is 7.71. The molecule has 0 amide bonds. The Hall–Kier alpha value is -2.00. The molecule has 0 N–H and O–H groups in total. The van der Waals surface area contributed by atoms with Gasteiger partial charge in [-0.05, 0) is 25.3 Å². The van der Waals surface area contributed by atoms with Gasteiger partial charge >= 0.3 is 5.97 Å². The maximum Gasteiger partial charge on any atom is 0.310 e. The molecular weight excluding hydrogens is 336 g/mol. The summed E-state index contributed by atoms with van der Waals surface area (Å²) >= 11 is 0. The van der Waals surface area contributed by atoms with Crippen molar-refractivity contribution in [2.75, 3.05) is 18.8 Å². The molecule has 1 fully saturated rings. The molecule has 0 aromatic heterocycles. The first-order valence-electron chi connectivity index (χ1n) is 7.71. The third-order valence-corrected chi connectivity index (χ3v) is 5.83. The Morgan fingerprint density at radius 3 is 2.88 bits per heavy atom. The number of carbonyl (C=O) groups is 1. The van der Waals surface area contributed by atoms with Crippen LogP contribution in [0.5, 0.6) is 0 Å². The highest BCUT2D eigenvalue weighted by atomic mass is 32.2. The highest BCUT2D eigenvalue weighted by Crippen LogP contribution is 2.21. The third-order valence-electron chi connectivity index (χ3n) is 3.98. The summed E-state index contributed by atoms with van der Waals surface area (Å²) in [7, 11) is -3.32. The van der Waals surface area contributed by atoms with E-state index in [1.54, 1.807) is 13.0 Å². The van der Waals surface area contributed by atoms with Crippen LogP contribution in [0.4, 0.5) is 5.69 Å². The van der Waals surface area contributed by atoms with Gasteiger partial charge in [-0.25, -0.2) is 12.7 Å². The van der Waals surface area contributed by atoms with Crippen molar-refractivity contribution in [2.24, 2.45) is 5.92 Å². The van der Waals surface area contributed by atoms with E-state index in [1.165, 1.54) is 22.5 Å². The second-order valence-corrected chi connectivity index (χ2v) is 7.89. The van der Waals surface area contributed by atoms with Crippen LogP contribution in [-0.2, 0) is 26.2 Å². The molecule has 0 unspecified atom stereocenters. The maximum absolute atomic E-state index is 12.2. The molecule has 1 aliphatic heterocycles. The number of non-ortho nitro benzene ring substituents is 1. The number of benzene rings is 1. The van der Waals surface area contributed by atoms with Crippen LogP contribution in [0.25, 0.3) is 0 Å². The number of sulfonamides is 1. The maximum atomic E-state index is 12.2. The van der Waals surface area contributed by atoms with E-state index in [0.29, 0.717) is 24.9 Å². The van der Waals surface area contributed by atoms with Crippen LogP contribution in [0.1, 0.15) is 25.3 Å². The van der Waals surface area contributed by atoms with Crippen molar-refractivity contribution in [3.63, 3.8) is 0 Å². The largest absolute Gasteiger partial charge is 0.461 e. The molecule has 2 rings (SSSR count). The molecule has 0 bridgehead atoms. The standard InChI is InChI=1S/C15H20N2O6S/c1-2-24(21,22)16-8-4-6-13(10-16)15(18)23-11-12-5-3-7-14(9-12)17(19)20/h3,5,7,9,13H,2,4,6,8,10-11H2,1H3/t13-/m1/s1. The molecule has 24 heavy (non-hydrogen) atoms. The number of esters is 1. The van der Waals surface area contributed by atoms with Gasteiger partial charge in [0.1, 0.15) is 6.61 Å². The molecule has 9 heteroatoms. The molecule has 1 aromatic rings. The quantitative estimate of drug-likeness (QED) is 0.436. The van der Waals surface area contributed by atoms with E-state index in [4.69, 9.17) is 4.74 Å². The number of hydrogen-bond acceptors (Lipinski definition) is 6. The number of rotatable bonds is 6. The minimum Gasteiger partial charge on any atom is -0.461 e. The zero-order chi connectivity index (χ0) is 17.7. The van der Waals surface area contributed by atoms with E-state index in [1.807, 2.05) is 0 Å². The molecule has 1 aliphatic rings. The Balaban J connectivity index is 1.95. The van der Waals surface area contributed by atoms with Crippen LogP contribution in [0, 0.1) is 16.0 Å². The van der Waals surface area contributed by atoms with Crippen LogP contribution in [-0.4, -0.2) is 42.5 Å². The highest BCUT2D eigenvalue weighted by Gasteiger charge is 2.32. The van der Waals surface area contributed by atoms with E-state index in [-0.39, 0.29) is 24.6 Å². The normalized spacial score (nSPS) is 19.0. The van der Waals surface area contributed by atoms with E-state index in [9.17, 15) is 23.3 Å². The lowest BCUT2D eigenvalue weighted by Crippen LogP contribution is -2.43. The van der Waals surface area contributed by atoms with Gasteiger partial charge in [0.2, 0.25) is 10.0 Å². The Bertz CT molecular complexity index is 718. The van der Waals surface area contributed by atoms with Gasteiger partial charge in [0, 0.05) is 25.2 Å². The number of piperidine rings is 1. The van der Waals surface area contributed by atoms with Crippen molar-refractivity contribution in [3.8, 4) is 0 Å². The average Bonchev–Trinajstić information content (AvgIpc) is 2.60. The molecule has 0 spiro atoms. The number of ether oxygens (including phenoxy) is 1. The first kappa shape index (κ1) is 18.3. The van der Waals surface area contributed by atoms with Gasteiger partial charge in [0.25, 0.3) is 5.69 Å². The predicted molar refractivity (Wildman–Crippen MR) is 86.7 cm³/mol. The lowest BCUT2D eigenvalue weighted by atomic mass is 10.00. The van der Waals surface area contributed by atoms with Crippen LogP contribution in [0.2, 0.25) is 0 Å². The Labute approximate surface area is 140 Å². The highest BCUT2D eigenvalue weighted by molar-refractivity contribution is 7.89. The molecule has 1 heterocycles. The molecule has 0 aliphatic carbocycles. The summed E-state index contributed by atoms with van der Waals surface area (Å²) < 4.78 is 30.4. The summed E-state index contributed by atoms with van der Waals surface area (Å²) in [4.78, 5) is 22.4. The molecule has 1 saturated heterocycles. The number of carbonyl (C=O) groups excluding carboxylic acids is 1. The van der Waals surface area contributed by atoms with Gasteiger partial charge in [-0.2, -0.15) is 0 Å². The average molecular weight is 356 g/mol. The number of nitro groups is 1. The minimum atomic E-state index is -3.32. The zero-order valence-electron chi connectivity index (χ0n) is 13.4. The first-order valence-corrected chi connectivity index (χ1v) is 9.32. The first-order chi connectivity index (χ1) is 11.3. The van der Waals surface area contributed by atoms with E-state index in [0.717, 1.165) is 0 Å². The van der Waals surface area contributed by atoms with Gasteiger partial charge in [-0.15, -0.1) is 0 Å². The number of nitrogens with zero attached hydrogens (tertiary/aromatic N) is 2. The number of nitro benzene ring substituents is 1. The van der Waals surface area contributed by atoms with Crippen molar-refractivity contribution in [1.29, 1.82) is 0 Å². The lowest BCUT2D eigenvalue weighted by molar-refractivity contribution is -0.384.